The van der Waals surface area contributed by atoms with Gasteiger partial charge in [0.2, 0.25) is 11.8 Å². The standard InChI is InChI=1S/C14H26N4O2/c1-9(2)13(15)14(20)16-7-12(19)17-11-8-18-5-3-10(11)4-6-18/h9-11,13H,3-8,15H2,1-2H3,(H,16,20)(H,17,19)/t11?,13-/m0/s1. The molecule has 3 aliphatic rings. The quantitative estimate of drug-likeness (QED) is 0.622. The van der Waals surface area contributed by atoms with Crippen LogP contribution >= 0.6 is 0 Å². The SMILES string of the molecule is CC(C)[C@H](N)C(=O)NCC(=O)NC1CN2CCC1CC2. The van der Waals surface area contributed by atoms with Crippen molar-refractivity contribution >= 4 is 11.8 Å². The van der Waals surface area contributed by atoms with E-state index < -0.39 is 6.04 Å². The number of nitrogens with two attached hydrogens (primary N) is 1. The van der Waals surface area contributed by atoms with Crippen molar-refractivity contribution in [2.75, 3.05) is 26.2 Å². The summed E-state index contributed by atoms with van der Waals surface area (Å²) >= 11 is 0. The third-order valence-electron chi connectivity index (χ3n) is 4.45. The molecule has 3 aliphatic heterocycles. The fourth-order valence-corrected chi connectivity index (χ4v) is 2.97. The van der Waals surface area contributed by atoms with Gasteiger partial charge in [-0.3, -0.25) is 9.59 Å². The maximum Gasteiger partial charge on any atom is 0.239 e. The zero-order valence-electron chi connectivity index (χ0n) is 12.4. The van der Waals surface area contributed by atoms with Crippen LogP contribution in [0.3, 0.4) is 0 Å². The molecule has 4 N–H and O–H groups in total. The van der Waals surface area contributed by atoms with Crippen LogP contribution in [0.15, 0.2) is 0 Å². The second-order valence-electron chi connectivity index (χ2n) is 6.30. The molecule has 6 nitrogen and oxygen atoms in total. The smallest absolute Gasteiger partial charge is 0.239 e. The van der Waals surface area contributed by atoms with E-state index in [-0.39, 0.29) is 30.3 Å². The molecule has 3 rings (SSSR count). The van der Waals surface area contributed by atoms with E-state index in [9.17, 15) is 9.59 Å². The highest BCUT2D eigenvalue weighted by atomic mass is 16.2. The van der Waals surface area contributed by atoms with E-state index in [0.29, 0.717) is 5.92 Å². The molecule has 0 radical (unpaired) electrons. The number of carbonyl (C=O) groups is 2. The van der Waals surface area contributed by atoms with Crippen LogP contribution < -0.4 is 16.4 Å². The molecule has 3 saturated heterocycles. The number of fused-ring (bicyclic) bond motifs is 3. The van der Waals surface area contributed by atoms with E-state index in [1.807, 2.05) is 13.8 Å². The fourth-order valence-electron chi connectivity index (χ4n) is 2.97. The van der Waals surface area contributed by atoms with Gasteiger partial charge in [0.25, 0.3) is 0 Å². The Morgan fingerprint density at radius 3 is 2.45 bits per heavy atom. The molecule has 6 heteroatoms. The normalized spacial score (nSPS) is 30.1. The highest BCUT2D eigenvalue weighted by molar-refractivity contribution is 5.87. The molecule has 2 atom stereocenters. The van der Waals surface area contributed by atoms with E-state index in [1.54, 1.807) is 0 Å². The van der Waals surface area contributed by atoms with E-state index in [0.717, 1.165) is 32.5 Å². The predicted molar refractivity (Wildman–Crippen MR) is 76.9 cm³/mol. The fraction of sp³-hybridized carbons (Fsp3) is 0.857. The zero-order chi connectivity index (χ0) is 14.7. The van der Waals surface area contributed by atoms with Gasteiger partial charge in [0, 0.05) is 12.6 Å². The minimum absolute atomic E-state index is 0.0163. The Morgan fingerprint density at radius 1 is 1.30 bits per heavy atom. The van der Waals surface area contributed by atoms with Crippen LogP contribution in [0.2, 0.25) is 0 Å². The van der Waals surface area contributed by atoms with Gasteiger partial charge in [0.05, 0.1) is 12.6 Å². The highest BCUT2D eigenvalue weighted by Gasteiger charge is 2.34. The lowest BCUT2D eigenvalue weighted by molar-refractivity contribution is -0.128. The number of amides is 2. The Balaban J connectivity index is 1.72. The largest absolute Gasteiger partial charge is 0.350 e. The molecule has 1 unspecified atom stereocenters. The minimum atomic E-state index is -0.556. The van der Waals surface area contributed by atoms with E-state index >= 15 is 0 Å². The summed E-state index contributed by atoms with van der Waals surface area (Å²) in [5.74, 6) is 0.287. The average Bonchev–Trinajstić information content (AvgIpc) is 2.45. The molecule has 0 aromatic rings. The van der Waals surface area contributed by atoms with Crippen molar-refractivity contribution in [3.8, 4) is 0 Å². The Labute approximate surface area is 120 Å². The van der Waals surface area contributed by atoms with Gasteiger partial charge in [-0.1, -0.05) is 13.8 Å². The summed E-state index contributed by atoms with van der Waals surface area (Å²) in [5, 5.41) is 5.65. The summed E-state index contributed by atoms with van der Waals surface area (Å²) in [5.41, 5.74) is 5.73. The van der Waals surface area contributed by atoms with Crippen molar-refractivity contribution in [1.29, 1.82) is 0 Å². The number of carbonyl (C=O) groups excluding carboxylic acids is 2. The zero-order valence-corrected chi connectivity index (χ0v) is 12.4. The second kappa shape index (κ2) is 6.54. The van der Waals surface area contributed by atoms with Crippen molar-refractivity contribution in [2.24, 2.45) is 17.6 Å². The lowest BCUT2D eigenvalue weighted by Gasteiger charge is -2.44. The first kappa shape index (κ1) is 15.3. The molecule has 0 aromatic carbocycles. The second-order valence-corrected chi connectivity index (χ2v) is 6.30. The Bertz CT molecular complexity index is 364. The molecule has 0 spiro atoms. The van der Waals surface area contributed by atoms with Gasteiger partial charge in [-0.25, -0.2) is 0 Å². The molecule has 114 valence electrons. The first-order valence-corrected chi connectivity index (χ1v) is 7.52. The van der Waals surface area contributed by atoms with Gasteiger partial charge in [0.1, 0.15) is 0 Å². The van der Waals surface area contributed by atoms with Crippen LogP contribution in [0.25, 0.3) is 0 Å². The van der Waals surface area contributed by atoms with Crippen molar-refractivity contribution < 1.29 is 9.59 Å². The first-order chi connectivity index (χ1) is 9.47. The summed E-state index contributed by atoms with van der Waals surface area (Å²) < 4.78 is 0. The van der Waals surface area contributed by atoms with Gasteiger partial charge in [-0.15, -0.1) is 0 Å². The molecule has 0 aliphatic carbocycles. The average molecular weight is 282 g/mol. The summed E-state index contributed by atoms with van der Waals surface area (Å²) in [7, 11) is 0. The van der Waals surface area contributed by atoms with Crippen molar-refractivity contribution in [2.45, 2.75) is 38.8 Å². The molecular weight excluding hydrogens is 256 g/mol. The molecule has 3 heterocycles. The molecule has 20 heavy (non-hydrogen) atoms. The summed E-state index contributed by atoms with van der Waals surface area (Å²) in [6, 6.07) is -0.319. The monoisotopic (exact) mass is 282 g/mol. The number of hydrogen-bond donors (Lipinski definition) is 3. The van der Waals surface area contributed by atoms with Gasteiger partial charge < -0.3 is 21.3 Å². The third kappa shape index (κ3) is 3.70. The van der Waals surface area contributed by atoms with Crippen LogP contribution in [0.1, 0.15) is 26.7 Å². The topological polar surface area (TPSA) is 87.5 Å². The van der Waals surface area contributed by atoms with Crippen LogP contribution in [-0.4, -0.2) is 55.0 Å². The van der Waals surface area contributed by atoms with Crippen LogP contribution in [0.5, 0.6) is 0 Å². The van der Waals surface area contributed by atoms with Crippen molar-refractivity contribution in [3.05, 3.63) is 0 Å². The van der Waals surface area contributed by atoms with Crippen molar-refractivity contribution in [3.63, 3.8) is 0 Å². The molecule has 0 saturated carbocycles. The van der Waals surface area contributed by atoms with Gasteiger partial charge in [-0.2, -0.15) is 0 Å². The van der Waals surface area contributed by atoms with Crippen LogP contribution in [0.4, 0.5) is 0 Å². The summed E-state index contributed by atoms with van der Waals surface area (Å²) in [6.07, 6.45) is 2.32. The number of nitrogens with zero attached hydrogens (tertiary/aromatic N) is 1. The molecular formula is C14H26N4O2. The molecule has 0 aromatic heterocycles. The first-order valence-electron chi connectivity index (χ1n) is 7.52. The minimum Gasteiger partial charge on any atom is -0.350 e. The lowest BCUT2D eigenvalue weighted by atomic mass is 9.84. The number of rotatable bonds is 5. The summed E-state index contributed by atoms with van der Waals surface area (Å²) in [4.78, 5) is 26.0. The molecule has 2 amide bonds. The van der Waals surface area contributed by atoms with Gasteiger partial charge in [0.15, 0.2) is 0 Å². The van der Waals surface area contributed by atoms with Crippen molar-refractivity contribution in [1.82, 2.24) is 15.5 Å². The maximum atomic E-state index is 11.9. The predicted octanol–water partition coefficient (Wildman–Crippen LogP) is -0.704. The van der Waals surface area contributed by atoms with Crippen LogP contribution in [0, 0.1) is 11.8 Å². The molecule has 3 fully saturated rings. The molecule has 2 bridgehead atoms. The number of hydrogen-bond acceptors (Lipinski definition) is 4. The highest BCUT2D eigenvalue weighted by Crippen LogP contribution is 2.27. The summed E-state index contributed by atoms with van der Waals surface area (Å²) in [6.45, 7) is 7.03. The van der Waals surface area contributed by atoms with Crippen LogP contribution in [-0.2, 0) is 9.59 Å². The number of nitrogens with one attached hydrogen (secondary N) is 2. The number of piperidine rings is 3. The third-order valence-corrected chi connectivity index (χ3v) is 4.45. The van der Waals surface area contributed by atoms with E-state index in [2.05, 4.69) is 15.5 Å². The van der Waals surface area contributed by atoms with Gasteiger partial charge in [-0.05, 0) is 37.8 Å². The Hall–Kier alpha value is -1.14. The van der Waals surface area contributed by atoms with E-state index in [1.165, 1.54) is 0 Å². The Kier molecular flexibility index (Phi) is 4.99. The van der Waals surface area contributed by atoms with Gasteiger partial charge >= 0.3 is 0 Å². The maximum absolute atomic E-state index is 11.9. The Morgan fingerprint density at radius 2 is 1.95 bits per heavy atom. The lowest BCUT2D eigenvalue weighted by Crippen LogP contribution is -2.58. The van der Waals surface area contributed by atoms with E-state index in [4.69, 9.17) is 5.73 Å².